The third-order valence-electron chi connectivity index (χ3n) is 3.27. The van der Waals surface area contributed by atoms with Gasteiger partial charge >= 0.3 is 0 Å². The normalized spacial score (nSPS) is 11.0. The molecule has 0 atom stereocenters. The van der Waals surface area contributed by atoms with Crippen LogP contribution in [0.2, 0.25) is 0 Å². The summed E-state index contributed by atoms with van der Waals surface area (Å²) in [5.41, 5.74) is 4.88. The molecule has 1 heterocycles. The Labute approximate surface area is 127 Å². The number of carbonyl (C=O) groups excluding carboxylic acids is 1. The fraction of sp³-hybridized carbons (Fsp3) is 0.0588. The molecule has 0 saturated heterocycles. The second kappa shape index (κ2) is 6.13. The molecule has 0 aliphatic rings. The highest BCUT2D eigenvalue weighted by molar-refractivity contribution is 5.95. The second-order valence-electron chi connectivity index (χ2n) is 4.74. The first-order valence-corrected chi connectivity index (χ1v) is 6.81. The van der Waals surface area contributed by atoms with E-state index in [1.807, 2.05) is 30.3 Å². The fourth-order valence-corrected chi connectivity index (χ4v) is 2.13. The van der Waals surface area contributed by atoms with Gasteiger partial charge in [0.05, 0.1) is 19.0 Å². The molecule has 2 N–H and O–H groups in total. The van der Waals surface area contributed by atoms with Gasteiger partial charge in [0.2, 0.25) is 0 Å². The van der Waals surface area contributed by atoms with Gasteiger partial charge in [0.15, 0.2) is 0 Å². The van der Waals surface area contributed by atoms with E-state index in [2.05, 4.69) is 15.5 Å². The molecule has 110 valence electrons. The number of hydrogen-bond acceptors (Lipinski definition) is 3. The Balaban J connectivity index is 1.66. The Kier molecular flexibility index (Phi) is 3.87. The highest BCUT2D eigenvalue weighted by Gasteiger charge is 2.04. The van der Waals surface area contributed by atoms with E-state index in [0.29, 0.717) is 11.3 Å². The number of methoxy groups -OCH3 is 1. The minimum absolute atomic E-state index is 0.269. The lowest BCUT2D eigenvalue weighted by atomic mass is 10.2. The standard InChI is InChI=1S/C17H15N3O2/c1-22-15-8-6-12(7-9-15)17(21)20-18-11-14-10-13-4-2-3-5-16(13)19-14/h2-11,19H,1H3,(H,20,21). The van der Waals surface area contributed by atoms with Crippen LogP contribution in [0.3, 0.4) is 0 Å². The van der Waals surface area contributed by atoms with Crippen molar-refractivity contribution in [1.29, 1.82) is 0 Å². The molecule has 0 saturated carbocycles. The molecule has 0 bridgehead atoms. The van der Waals surface area contributed by atoms with Crippen LogP contribution in [-0.2, 0) is 0 Å². The summed E-state index contributed by atoms with van der Waals surface area (Å²) in [5, 5.41) is 5.07. The monoisotopic (exact) mass is 293 g/mol. The van der Waals surface area contributed by atoms with Crippen LogP contribution in [0.25, 0.3) is 10.9 Å². The van der Waals surface area contributed by atoms with Gasteiger partial charge in [0.25, 0.3) is 5.91 Å². The number of hydrogen-bond donors (Lipinski definition) is 2. The van der Waals surface area contributed by atoms with E-state index in [1.54, 1.807) is 37.6 Å². The predicted molar refractivity (Wildman–Crippen MR) is 86.4 cm³/mol. The third-order valence-corrected chi connectivity index (χ3v) is 3.27. The largest absolute Gasteiger partial charge is 0.497 e. The number of nitrogens with one attached hydrogen (secondary N) is 2. The van der Waals surface area contributed by atoms with E-state index in [4.69, 9.17) is 4.74 Å². The van der Waals surface area contributed by atoms with Crippen LogP contribution in [-0.4, -0.2) is 24.2 Å². The molecule has 0 aliphatic carbocycles. The van der Waals surface area contributed by atoms with Crippen molar-refractivity contribution in [3.8, 4) is 5.75 Å². The maximum Gasteiger partial charge on any atom is 0.271 e. The molecule has 2 aromatic carbocycles. The number of para-hydroxylation sites is 1. The number of H-pyrrole nitrogens is 1. The van der Waals surface area contributed by atoms with Gasteiger partial charge in [0, 0.05) is 16.5 Å². The Morgan fingerprint density at radius 2 is 1.95 bits per heavy atom. The predicted octanol–water partition coefficient (Wildman–Crippen LogP) is 2.94. The van der Waals surface area contributed by atoms with Gasteiger partial charge in [-0.2, -0.15) is 5.10 Å². The van der Waals surface area contributed by atoms with E-state index in [-0.39, 0.29) is 5.91 Å². The fourth-order valence-electron chi connectivity index (χ4n) is 2.13. The number of aromatic amines is 1. The maximum absolute atomic E-state index is 11.9. The Bertz CT molecular complexity index is 786. The topological polar surface area (TPSA) is 66.5 Å². The van der Waals surface area contributed by atoms with Crippen LogP contribution in [0.4, 0.5) is 0 Å². The van der Waals surface area contributed by atoms with Gasteiger partial charge in [-0.25, -0.2) is 5.43 Å². The summed E-state index contributed by atoms with van der Waals surface area (Å²) in [6.07, 6.45) is 1.58. The van der Waals surface area contributed by atoms with Crippen LogP contribution in [0.5, 0.6) is 5.75 Å². The van der Waals surface area contributed by atoms with E-state index >= 15 is 0 Å². The summed E-state index contributed by atoms with van der Waals surface area (Å²) in [6.45, 7) is 0. The molecule has 5 nitrogen and oxygen atoms in total. The first-order chi connectivity index (χ1) is 10.8. The zero-order valence-electron chi connectivity index (χ0n) is 12.0. The van der Waals surface area contributed by atoms with Crippen LogP contribution >= 0.6 is 0 Å². The van der Waals surface area contributed by atoms with Crippen molar-refractivity contribution in [2.45, 2.75) is 0 Å². The summed E-state index contributed by atoms with van der Waals surface area (Å²) in [4.78, 5) is 15.1. The summed E-state index contributed by atoms with van der Waals surface area (Å²) < 4.78 is 5.05. The molecular formula is C17H15N3O2. The molecule has 0 unspecified atom stereocenters. The van der Waals surface area contributed by atoms with Crippen LogP contribution in [0.15, 0.2) is 59.7 Å². The number of ether oxygens (including phenoxy) is 1. The summed E-state index contributed by atoms with van der Waals surface area (Å²) in [5.74, 6) is 0.438. The van der Waals surface area contributed by atoms with Gasteiger partial charge in [-0.1, -0.05) is 18.2 Å². The summed E-state index contributed by atoms with van der Waals surface area (Å²) in [7, 11) is 1.58. The molecule has 3 aromatic rings. The third kappa shape index (κ3) is 2.98. The quantitative estimate of drug-likeness (QED) is 0.573. The number of rotatable bonds is 4. The molecule has 0 aliphatic heterocycles. The average molecular weight is 293 g/mol. The minimum Gasteiger partial charge on any atom is -0.497 e. The zero-order chi connectivity index (χ0) is 15.4. The summed E-state index contributed by atoms with van der Waals surface area (Å²) in [6, 6.07) is 16.7. The SMILES string of the molecule is COc1ccc(C(=O)NN=Cc2cc3ccccc3[nH]2)cc1. The van der Waals surface area contributed by atoms with Crippen molar-refractivity contribution in [1.82, 2.24) is 10.4 Å². The van der Waals surface area contributed by atoms with Crippen molar-refractivity contribution < 1.29 is 9.53 Å². The van der Waals surface area contributed by atoms with Crippen molar-refractivity contribution in [2.24, 2.45) is 5.10 Å². The Morgan fingerprint density at radius 3 is 2.68 bits per heavy atom. The van der Waals surface area contributed by atoms with E-state index in [0.717, 1.165) is 16.6 Å². The van der Waals surface area contributed by atoms with E-state index in [9.17, 15) is 4.79 Å². The molecule has 0 radical (unpaired) electrons. The van der Waals surface area contributed by atoms with Gasteiger partial charge in [-0.3, -0.25) is 4.79 Å². The second-order valence-corrected chi connectivity index (χ2v) is 4.74. The molecule has 0 spiro atoms. The van der Waals surface area contributed by atoms with E-state index < -0.39 is 0 Å². The number of aromatic nitrogens is 1. The van der Waals surface area contributed by atoms with Crippen molar-refractivity contribution in [3.63, 3.8) is 0 Å². The minimum atomic E-state index is -0.269. The van der Waals surface area contributed by atoms with E-state index in [1.165, 1.54) is 0 Å². The van der Waals surface area contributed by atoms with Crippen molar-refractivity contribution in [3.05, 3.63) is 65.9 Å². The lowest BCUT2D eigenvalue weighted by molar-refractivity contribution is 0.0955. The lowest BCUT2D eigenvalue weighted by Gasteiger charge is -2.01. The molecular weight excluding hydrogens is 278 g/mol. The molecule has 1 aromatic heterocycles. The van der Waals surface area contributed by atoms with Gasteiger partial charge in [-0.05, 0) is 36.4 Å². The van der Waals surface area contributed by atoms with Gasteiger partial charge in [0.1, 0.15) is 5.75 Å². The van der Waals surface area contributed by atoms with Crippen molar-refractivity contribution in [2.75, 3.05) is 7.11 Å². The number of fused-ring (bicyclic) bond motifs is 1. The number of benzene rings is 2. The average Bonchev–Trinajstić information content (AvgIpc) is 2.97. The first-order valence-electron chi connectivity index (χ1n) is 6.81. The van der Waals surface area contributed by atoms with Gasteiger partial charge in [-0.15, -0.1) is 0 Å². The molecule has 22 heavy (non-hydrogen) atoms. The van der Waals surface area contributed by atoms with Crippen LogP contribution < -0.4 is 10.2 Å². The summed E-state index contributed by atoms with van der Waals surface area (Å²) >= 11 is 0. The molecule has 0 fully saturated rings. The first kappa shape index (κ1) is 13.9. The number of hydrazone groups is 1. The van der Waals surface area contributed by atoms with Gasteiger partial charge < -0.3 is 9.72 Å². The molecule has 1 amide bonds. The Morgan fingerprint density at radius 1 is 1.18 bits per heavy atom. The lowest BCUT2D eigenvalue weighted by Crippen LogP contribution is -2.17. The molecule has 3 rings (SSSR count). The maximum atomic E-state index is 11.9. The Hall–Kier alpha value is -3.08. The zero-order valence-corrected chi connectivity index (χ0v) is 12.0. The van der Waals surface area contributed by atoms with Crippen LogP contribution in [0, 0.1) is 0 Å². The highest BCUT2D eigenvalue weighted by Crippen LogP contribution is 2.13. The highest BCUT2D eigenvalue weighted by atomic mass is 16.5. The van der Waals surface area contributed by atoms with Crippen molar-refractivity contribution >= 4 is 23.0 Å². The number of amides is 1. The number of carbonyl (C=O) groups is 1. The number of nitrogens with zero attached hydrogens (tertiary/aromatic N) is 1. The smallest absolute Gasteiger partial charge is 0.271 e. The molecule has 5 heteroatoms. The van der Waals surface area contributed by atoms with Crippen LogP contribution in [0.1, 0.15) is 16.1 Å².